The molecular formula is C54H38N4. The van der Waals surface area contributed by atoms with Crippen molar-refractivity contribution in [2.45, 2.75) is 12.8 Å². The van der Waals surface area contributed by atoms with Crippen LogP contribution in [0, 0.1) is 0 Å². The second-order valence-corrected chi connectivity index (χ2v) is 15.2. The predicted molar refractivity (Wildman–Crippen MR) is 242 cm³/mol. The lowest BCUT2D eigenvalue weighted by atomic mass is 9.97. The Morgan fingerprint density at radius 3 is 0.828 bits per heavy atom. The molecule has 0 unspecified atom stereocenters. The molecule has 24 rings (SSSR count). The zero-order chi connectivity index (χ0) is 38.4. The number of fused-ring (bicyclic) bond motifs is 1. The first-order valence-corrected chi connectivity index (χ1v) is 19.9. The molecule has 0 spiro atoms. The zero-order valence-electron chi connectivity index (χ0n) is 31.8. The molecule has 0 saturated heterocycles. The van der Waals surface area contributed by atoms with Gasteiger partial charge in [0.1, 0.15) is 0 Å². The second-order valence-electron chi connectivity index (χ2n) is 15.2. The van der Waals surface area contributed by atoms with Gasteiger partial charge in [0.05, 0.1) is 33.5 Å². The highest BCUT2D eigenvalue weighted by Gasteiger charge is 2.15. The number of nitrogens with zero attached hydrogens (tertiary/aromatic N) is 2. The molecule has 0 saturated carbocycles. The van der Waals surface area contributed by atoms with Gasteiger partial charge in [-0.05, 0) is 83.6 Å². The fourth-order valence-electron chi connectivity index (χ4n) is 8.53. The molecule has 4 nitrogen and oxygen atoms in total. The van der Waals surface area contributed by atoms with Crippen LogP contribution in [0.15, 0.2) is 204 Å². The lowest BCUT2D eigenvalue weighted by Crippen LogP contribution is -2.15. The van der Waals surface area contributed by atoms with E-state index >= 15 is 0 Å². The van der Waals surface area contributed by atoms with E-state index in [2.05, 4.69) is 205 Å². The van der Waals surface area contributed by atoms with E-state index in [9.17, 15) is 0 Å². The molecule has 14 aliphatic heterocycles. The van der Waals surface area contributed by atoms with Crippen molar-refractivity contribution in [3.8, 4) is 0 Å². The van der Waals surface area contributed by atoms with E-state index in [4.69, 9.17) is 9.98 Å². The lowest BCUT2D eigenvalue weighted by Gasteiger charge is -2.19. The van der Waals surface area contributed by atoms with E-state index in [1.165, 1.54) is 43.8 Å². The van der Waals surface area contributed by atoms with Gasteiger partial charge in [0.25, 0.3) is 0 Å². The van der Waals surface area contributed by atoms with Crippen LogP contribution in [0.4, 0.5) is 34.1 Å². The highest BCUT2D eigenvalue weighted by Crippen LogP contribution is 2.42. The van der Waals surface area contributed by atoms with Crippen LogP contribution in [0.5, 0.6) is 0 Å². The first kappa shape index (κ1) is 33.8. The first-order valence-electron chi connectivity index (χ1n) is 19.9. The summed E-state index contributed by atoms with van der Waals surface area (Å²) in [6.45, 7) is 0. The number of rotatable bonds is 0. The summed E-state index contributed by atoms with van der Waals surface area (Å²) in [6.07, 6.45) is 1.66. The van der Waals surface area contributed by atoms with Crippen LogP contribution < -0.4 is 21.3 Å². The molecule has 0 amide bonds. The van der Waals surface area contributed by atoms with Crippen LogP contribution in [0.1, 0.15) is 22.3 Å². The van der Waals surface area contributed by atoms with Crippen molar-refractivity contribution in [1.82, 2.24) is 0 Å². The molecule has 4 heteroatoms. The number of nitrogens with one attached hydrogen (secondary N) is 2. The highest BCUT2D eigenvalue weighted by molar-refractivity contribution is 6.21. The summed E-state index contributed by atoms with van der Waals surface area (Å²) in [5.74, 6) is 0. The minimum Gasteiger partial charge on any atom is -0.355 e. The van der Waals surface area contributed by atoms with Gasteiger partial charge in [0.2, 0.25) is 0 Å². The van der Waals surface area contributed by atoms with Crippen molar-refractivity contribution in [3.05, 3.63) is 227 Å². The normalized spacial score (nSPS) is 12.6. The molecule has 0 aromatic heterocycles. The Morgan fingerprint density at radius 1 is 0.276 bits per heavy atom. The zero-order valence-corrected chi connectivity index (χ0v) is 31.8. The van der Waals surface area contributed by atoms with E-state index in [-0.39, 0.29) is 0 Å². The number of benzene rings is 10. The third-order valence-electron chi connectivity index (χ3n) is 11.4. The lowest BCUT2D eigenvalue weighted by molar-refractivity contribution is 1.19. The minimum atomic E-state index is 0.830. The minimum absolute atomic E-state index is 0.830. The maximum absolute atomic E-state index is 5.29. The quantitative estimate of drug-likeness (QED) is 0.152. The van der Waals surface area contributed by atoms with Crippen molar-refractivity contribution >= 4 is 77.2 Å². The summed E-state index contributed by atoms with van der Waals surface area (Å²) in [5, 5.41) is 18.6. The molecule has 14 heterocycles. The average molecular weight is 743 g/mol. The molecule has 14 aliphatic rings. The Balaban J connectivity index is 1.06. The first-order chi connectivity index (χ1) is 28.7. The van der Waals surface area contributed by atoms with Crippen LogP contribution in [-0.4, -0.2) is 0 Å². The standard InChI is InChI=1S/C54H38N4/c1-2-10-44-43(9-1)51-45-11-3-4-12-46(45)52(44)56-40-27-19-36(20-28-40)34-38-23-31-42(32-24-38)58-54-49-15-7-5-13-47(49)53(48-14-6-8-16-50(48)54)57-41-29-21-37(22-30-41)33-35-17-25-39(55-51)26-18-35/h1-32,55-56H,33-34H2. The molecule has 0 atom stereocenters. The summed E-state index contributed by atoms with van der Waals surface area (Å²) < 4.78 is 0. The maximum atomic E-state index is 5.29. The van der Waals surface area contributed by atoms with Crippen molar-refractivity contribution in [2.75, 3.05) is 10.6 Å². The van der Waals surface area contributed by atoms with E-state index in [1.54, 1.807) is 0 Å². The summed E-state index contributed by atoms with van der Waals surface area (Å²) in [4.78, 5) is 10.6. The summed E-state index contributed by atoms with van der Waals surface area (Å²) in [6, 6.07) is 69.3. The van der Waals surface area contributed by atoms with Crippen molar-refractivity contribution < 1.29 is 0 Å². The molecule has 10 aromatic rings. The van der Waals surface area contributed by atoms with Crippen LogP contribution in [-0.2, 0) is 12.8 Å². The van der Waals surface area contributed by atoms with Gasteiger partial charge in [0.15, 0.2) is 0 Å². The average Bonchev–Trinajstić information content (AvgIpc) is 3.28. The monoisotopic (exact) mass is 742 g/mol. The fraction of sp³-hybridized carbons (Fsp3) is 0.0370. The van der Waals surface area contributed by atoms with Gasteiger partial charge in [-0.3, -0.25) is 0 Å². The predicted octanol–water partition coefficient (Wildman–Crippen LogP) is 13.2. The number of hydrogen-bond acceptors (Lipinski definition) is 4. The van der Waals surface area contributed by atoms with Crippen LogP contribution in [0.3, 0.4) is 0 Å². The van der Waals surface area contributed by atoms with Gasteiger partial charge < -0.3 is 10.6 Å². The third-order valence-corrected chi connectivity index (χ3v) is 11.4. The van der Waals surface area contributed by atoms with Gasteiger partial charge in [-0.25, -0.2) is 9.98 Å². The Morgan fingerprint density at radius 2 is 0.534 bits per heavy atom. The Hall–Kier alpha value is -7.56. The van der Waals surface area contributed by atoms with Gasteiger partial charge in [-0.2, -0.15) is 0 Å². The van der Waals surface area contributed by atoms with Gasteiger partial charge in [-0.15, -0.1) is 0 Å². The molecule has 0 radical (unpaired) electrons. The van der Waals surface area contributed by atoms with Crippen molar-refractivity contribution in [3.63, 3.8) is 0 Å². The number of hydrogen-bond donors (Lipinski definition) is 2. The van der Waals surface area contributed by atoms with Crippen LogP contribution >= 0.6 is 0 Å². The van der Waals surface area contributed by atoms with Crippen LogP contribution in [0.25, 0.3) is 43.1 Å². The van der Waals surface area contributed by atoms with Crippen molar-refractivity contribution in [2.24, 2.45) is 9.98 Å². The Labute approximate surface area is 336 Å². The molecule has 12 bridgehead atoms. The molecular weight excluding hydrogens is 705 g/mol. The molecule has 0 aliphatic carbocycles. The third kappa shape index (κ3) is 6.22. The summed E-state index contributed by atoms with van der Waals surface area (Å²) in [7, 11) is 0. The van der Waals surface area contributed by atoms with Crippen LogP contribution in [0.2, 0.25) is 0 Å². The molecule has 2 N–H and O–H groups in total. The molecule has 274 valence electrons. The second kappa shape index (κ2) is 14.2. The summed E-state index contributed by atoms with van der Waals surface area (Å²) >= 11 is 0. The SMILES string of the molecule is c1ccc2c3c4ccccc4c(c2c1)Nc1ccc(cc1)Cc1ccc(cc1)N=c1c2ccccc2c(c2ccccc12)=Nc1ccc(cc1)Cc1ccc(cc1)N3. The number of anilines is 4. The largest absolute Gasteiger partial charge is 0.355 e. The fourth-order valence-corrected chi connectivity index (χ4v) is 8.53. The van der Waals surface area contributed by atoms with Gasteiger partial charge in [0, 0.05) is 54.5 Å². The van der Waals surface area contributed by atoms with E-state index in [0.717, 1.165) is 79.2 Å². The van der Waals surface area contributed by atoms with Crippen molar-refractivity contribution in [1.29, 1.82) is 0 Å². The summed E-state index contributed by atoms with van der Waals surface area (Å²) in [5.41, 5.74) is 11.1. The van der Waals surface area contributed by atoms with Gasteiger partial charge in [-0.1, -0.05) is 146 Å². The molecule has 58 heavy (non-hydrogen) atoms. The highest BCUT2D eigenvalue weighted by atomic mass is 14.9. The Kier molecular flexibility index (Phi) is 8.25. The van der Waals surface area contributed by atoms with E-state index < -0.39 is 0 Å². The Bertz CT molecular complexity index is 2950. The van der Waals surface area contributed by atoms with E-state index in [0.29, 0.717) is 0 Å². The molecule has 0 fully saturated rings. The topological polar surface area (TPSA) is 48.8 Å². The van der Waals surface area contributed by atoms with Gasteiger partial charge >= 0.3 is 0 Å². The smallest absolute Gasteiger partial charge is 0.0795 e. The van der Waals surface area contributed by atoms with E-state index in [1.807, 2.05) is 0 Å². The molecule has 10 aromatic carbocycles. The maximum Gasteiger partial charge on any atom is 0.0795 e.